The van der Waals surface area contributed by atoms with E-state index >= 15 is 0 Å². The van der Waals surface area contributed by atoms with Gasteiger partial charge in [0.1, 0.15) is 11.4 Å². The predicted octanol–water partition coefficient (Wildman–Crippen LogP) is 4.57. The Hall–Kier alpha value is -3.82. The lowest BCUT2D eigenvalue weighted by Gasteiger charge is -2.30. The van der Waals surface area contributed by atoms with Gasteiger partial charge in [0.05, 0.1) is 18.3 Å². The van der Waals surface area contributed by atoms with E-state index in [4.69, 9.17) is 4.74 Å². The van der Waals surface area contributed by atoms with Crippen molar-refractivity contribution in [3.05, 3.63) is 71.0 Å². The van der Waals surface area contributed by atoms with Gasteiger partial charge in [-0.25, -0.2) is 4.68 Å². The molecule has 0 N–H and O–H groups in total. The fraction of sp³-hybridized carbons (Fsp3) is 0.346. The predicted molar refractivity (Wildman–Crippen MR) is 126 cm³/mol. The minimum absolute atomic E-state index is 0.0187. The number of alkyl halides is 3. The van der Waals surface area contributed by atoms with Crippen LogP contribution in [0.2, 0.25) is 0 Å². The number of benzene rings is 2. The maximum Gasteiger partial charge on any atom is 0.435 e. The van der Waals surface area contributed by atoms with Crippen LogP contribution in [0.1, 0.15) is 47.1 Å². The van der Waals surface area contributed by atoms with Gasteiger partial charge in [-0.15, -0.1) is 0 Å². The number of anilines is 1. The fourth-order valence-electron chi connectivity index (χ4n) is 4.93. The third-order valence-corrected chi connectivity index (χ3v) is 7.16. The summed E-state index contributed by atoms with van der Waals surface area (Å²) in [4.78, 5) is 28.7. The van der Waals surface area contributed by atoms with Crippen LogP contribution < -0.4 is 9.64 Å². The molecule has 0 saturated heterocycles. The van der Waals surface area contributed by atoms with Crippen LogP contribution in [-0.2, 0) is 22.9 Å². The summed E-state index contributed by atoms with van der Waals surface area (Å²) in [6.07, 6.45) is -2.95. The zero-order valence-electron chi connectivity index (χ0n) is 20.1. The van der Waals surface area contributed by atoms with E-state index in [1.54, 1.807) is 48.3 Å². The normalized spacial score (nSPS) is 16.5. The van der Waals surface area contributed by atoms with Gasteiger partial charge in [-0.05, 0) is 61.2 Å². The Morgan fingerprint density at radius 2 is 1.67 bits per heavy atom. The van der Waals surface area contributed by atoms with Gasteiger partial charge in [0.25, 0.3) is 5.91 Å². The number of aromatic nitrogens is 2. The number of methoxy groups -OCH3 is 1. The molecule has 36 heavy (non-hydrogen) atoms. The van der Waals surface area contributed by atoms with Crippen molar-refractivity contribution in [3.8, 4) is 11.4 Å². The summed E-state index contributed by atoms with van der Waals surface area (Å²) in [5, 5.41) is 3.82. The highest BCUT2D eigenvalue weighted by molar-refractivity contribution is 6.07. The minimum atomic E-state index is -4.69. The van der Waals surface area contributed by atoms with Crippen molar-refractivity contribution >= 4 is 17.5 Å². The van der Waals surface area contributed by atoms with Gasteiger partial charge in [0.2, 0.25) is 5.91 Å². The van der Waals surface area contributed by atoms with Crippen molar-refractivity contribution in [2.75, 3.05) is 25.6 Å². The Balaban J connectivity index is 1.51. The van der Waals surface area contributed by atoms with Crippen LogP contribution in [0.15, 0.2) is 48.5 Å². The molecule has 1 saturated carbocycles. The number of fused-ring (bicyclic) bond motifs is 1. The quantitative estimate of drug-likeness (QED) is 0.517. The van der Waals surface area contributed by atoms with Crippen LogP contribution >= 0.6 is 0 Å². The summed E-state index contributed by atoms with van der Waals surface area (Å²) in [5.74, 6) is -0.0416. The van der Waals surface area contributed by atoms with Crippen molar-refractivity contribution in [1.29, 1.82) is 0 Å². The first-order chi connectivity index (χ1) is 17.1. The molecule has 1 aromatic heterocycles. The minimum Gasteiger partial charge on any atom is -0.497 e. The van der Waals surface area contributed by atoms with E-state index < -0.39 is 17.8 Å². The van der Waals surface area contributed by atoms with Crippen molar-refractivity contribution < 1.29 is 27.5 Å². The molecule has 1 aliphatic carbocycles. The molecule has 3 aromatic rings. The highest BCUT2D eigenvalue weighted by atomic mass is 19.4. The Bertz CT molecular complexity index is 1330. The van der Waals surface area contributed by atoms with E-state index in [1.807, 2.05) is 12.1 Å². The number of hydrogen-bond acceptors (Lipinski definition) is 4. The molecular formula is C26H25F3N4O3. The van der Waals surface area contributed by atoms with Crippen molar-refractivity contribution in [2.45, 2.75) is 37.9 Å². The molecule has 10 heteroatoms. The lowest BCUT2D eigenvalue weighted by molar-refractivity contribution is -0.142. The number of hydrogen-bond donors (Lipinski definition) is 0. The zero-order valence-corrected chi connectivity index (χ0v) is 20.1. The summed E-state index contributed by atoms with van der Waals surface area (Å²) >= 11 is 0. The second-order valence-corrected chi connectivity index (χ2v) is 9.15. The van der Waals surface area contributed by atoms with Crippen molar-refractivity contribution in [3.63, 3.8) is 0 Å². The second kappa shape index (κ2) is 8.39. The number of halogens is 3. The maximum atomic E-state index is 13.8. The van der Waals surface area contributed by atoms with E-state index in [-0.39, 0.29) is 35.7 Å². The molecule has 1 fully saturated rings. The van der Waals surface area contributed by atoms with Crippen LogP contribution in [0.3, 0.4) is 0 Å². The van der Waals surface area contributed by atoms with Crippen LogP contribution in [0, 0.1) is 0 Å². The van der Waals surface area contributed by atoms with Crippen molar-refractivity contribution in [2.24, 2.45) is 0 Å². The lowest BCUT2D eigenvalue weighted by Crippen LogP contribution is -2.39. The summed E-state index contributed by atoms with van der Waals surface area (Å²) in [5.41, 5.74) is 0.297. The Labute approximate surface area is 206 Å². The van der Waals surface area contributed by atoms with Crippen LogP contribution in [0.5, 0.6) is 5.75 Å². The molecule has 0 bridgehead atoms. The van der Waals surface area contributed by atoms with Gasteiger partial charge in [-0.1, -0.05) is 12.1 Å². The summed E-state index contributed by atoms with van der Waals surface area (Å²) in [6.45, 7) is 1.63. The molecule has 2 aromatic carbocycles. The Morgan fingerprint density at radius 1 is 1.06 bits per heavy atom. The maximum absolute atomic E-state index is 13.8. The van der Waals surface area contributed by atoms with E-state index in [9.17, 15) is 22.8 Å². The molecule has 5 rings (SSSR count). The number of carbonyl (C=O) groups is 2. The molecule has 0 spiro atoms. The first-order valence-electron chi connectivity index (χ1n) is 11.6. The number of rotatable bonds is 5. The van der Waals surface area contributed by atoms with Gasteiger partial charge in [-0.2, -0.15) is 18.3 Å². The average molecular weight is 499 g/mol. The second-order valence-electron chi connectivity index (χ2n) is 9.15. The number of ether oxygens (including phenoxy) is 1. The standard InChI is InChI=1S/C26H25F3N4O3/c1-16(34)31(2)25(13-14-25)17-4-6-18(7-5-17)32-15-12-21-22(24(32)35)33(30-23(21)26(27,28)29)19-8-10-20(36-3)11-9-19/h4-11H,12-15H2,1-3H3. The Morgan fingerprint density at radius 3 is 2.19 bits per heavy atom. The summed E-state index contributed by atoms with van der Waals surface area (Å²) < 4.78 is 47.6. The number of carbonyl (C=O) groups excluding carboxylic acids is 2. The third-order valence-electron chi connectivity index (χ3n) is 7.16. The Kier molecular flexibility index (Phi) is 5.57. The van der Waals surface area contributed by atoms with E-state index in [2.05, 4.69) is 5.10 Å². The molecular weight excluding hydrogens is 473 g/mol. The van der Waals surface area contributed by atoms with Crippen molar-refractivity contribution in [1.82, 2.24) is 14.7 Å². The molecule has 2 amide bonds. The summed E-state index contributed by atoms with van der Waals surface area (Å²) in [6, 6.07) is 13.7. The molecule has 7 nitrogen and oxygen atoms in total. The topological polar surface area (TPSA) is 67.7 Å². The summed E-state index contributed by atoms with van der Waals surface area (Å²) in [7, 11) is 3.26. The van der Waals surface area contributed by atoms with Crippen LogP contribution in [0.25, 0.3) is 5.69 Å². The highest BCUT2D eigenvalue weighted by Gasteiger charge is 2.49. The monoisotopic (exact) mass is 498 g/mol. The first-order valence-corrected chi connectivity index (χ1v) is 11.6. The fourth-order valence-corrected chi connectivity index (χ4v) is 4.93. The zero-order chi connectivity index (χ0) is 25.8. The van der Waals surface area contributed by atoms with Crippen LogP contribution in [-0.4, -0.2) is 47.2 Å². The largest absolute Gasteiger partial charge is 0.497 e. The number of amides is 2. The molecule has 188 valence electrons. The molecule has 0 atom stereocenters. The van der Waals surface area contributed by atoms with Gasteiger partial charge in [0.15, 0.2) is 5.69 Å². The smallest absolute Gasteiger partial charge is 0.435 e. The van der Waals surface area contributed by atoms with E-state index in [0.29, 0.717) is 17.1 Å². The van der Waals surface area contributed by atoms with Gasteiger partial charge >= 0.3 is 6.18 Å². The molecule has 2 heterocycles. The van der Waals surface area contributed by atoms with E-state index in [0.717, 1.165) is 23.1 Å². The van der Waals surface area contributed by atoms with Gasteiger partial charge in [0, 0.05) is 31.8 Å². The first kappa shape index (κ1) is 23.9. The molecule has 0 unspecified atom stereocenters. The average Bonchev–Trinajstić information content (AvgIpc) is 3.56. The molecule has 2 aliphatic rings. The molecule has 1 aliphatic heterocycles. The van der Waals surface area contributed by atoms with Gasteiger partial charge < -0.3 is 14.5 Å². The van der Waals surface area contributed by atoms with Crippen LogP contribution in [0.4, 0.5) is 18.9 Å². The SMILES string of the molecule is COc1ccc(-n2nc(C(F)(F)F)c3c2C(=O)N(c2ccc(C4(N(C)C(C)=O)CC4)cc2)CC3)cc1. The number of nitrogens with zero attached hydrogens (tertiary/aromatic N) is 4. The third kappa shape index (κ3) is 3.81. The highest BCUT2D eigenvalue weighted by Crippen LogP contribution is 2.50. The molecule has 0 radical (unpaired) electrons. The lowest BCUT2D eigenvalue weighted by atomic mass is 10.00. The van der Waals surface area contributed by atoms with E-state index in [1.165, 1.54) is 18.9 Å². The van der Waals surface area contributed by atoms with Gasteiger partial charge in [-0.3, -0.25) is 9.59 Å².